The summed E-state index contributed by atoms with van der Waals surface area (Å²) in [5.74, 6) is 0.567. The van der Waals surface area contributed by atoms with Gasteiger partial charge in [-0.15, -0.1) is 0 Å². The van der Waals surface area contributed by atoms with Gasteiger partial charge in [0.15, 0.2) is 0 Å². The van der Waals surface area contributed by atoms with Crippen molar-refractivity contribution >= 4 is 10.2 Å². The van der Waals surface area contributed by atoms with Crippen LogP contribution in [0.1, 0.15) is 39.5 Å². The van der Waals surface area contributed by atoms with Crippen LogP contribution in [0.2, 0.25) is 0 Å². The van der Waals surface area contributed by atoms with E-state index in [2.05, 4.69) is 4.90 Å². The number of piperazine rings is 1. The molecule has 2 aliphatic heterocycles. The maximum absolute atomic E-state index is 12.9. The third-order valence-corrected chi connectivity index (χ3v) is 7.58. The Labute approximate surface area is 123 Å². The van der Waals surface area contributed by atoms with Gasteiger partial charge >= 0.3 is 0 Å². The maximum Gasteiger partial charge on any atom is 0.282 e. The summed E-state index contributed by atoms with van der Waals surface area (Å²) in [5, 5.41) is 0. The first-order valence-corrected chi connectivity index (χ1v) is 9.30. The fraction of sp³-hybridized carbons (Fsp3) is 1.00. The van der Waals surface area contributed by atoms with Gasteiger partial charge in [0.2, 0.25) is 0 Å². The second kappa shape index (κ2) is 5.23. The van der Waals surface area contributed by atoms with Gasteiger partial charge in [0, 0.05) is 38.3 Å². The second-order valence-electron chi connectivity index (χ2n) is 6.81. The highest BCUT2D eigenvalue weighted by molar-refractivity contribution is 7.86. The van der Waals surface area contributed by atoms with E-state index in [-0.39, 0.29) is 12.1 Å². The Balaban J connectivity index is 1.75. The van der Waals surface area contributed by atoms with E-state index < -0.39 is 10.2 Å². The summed E-state index contributed by atoms with van der Waals surface area (Å²) < 4.78 is 29.1. The number of rotatable bonds is 4. The quantitative estimate of drug-likeness (QED) is 0.782. The van der Waals surface area contributed by atoms with Crippen molar-refractivity contribution in [2.75, 3.05) is 26.7 Å². The first-order valence-electron chi connectivity index (χ1n) is 7.90. The molecule has 2 saturated heterocycles. The zero-order valence-corrected chi connectivity index (χ0v) is 13.6. The topological polar surface area (TPSA) is 43.9 Å². The van der Waals surface area contributed by atoms with E-state index in [0.717, 1.165) is 19.5 Å². The van der Waals surface area contributed by atoms with Crippen molar-refractivity contribution < 1.29 is 8.42 Å². The summed E-state index contributed by atoms with van der Waals surface area (Å²) in [5.41, 5.74) is 0. The summed E-state index contributed by atoms with van der Waals surface area (Å²) in [6, 6.07) is 0.655. The van der Waals surface area contributed by atoms with Gasteiger partial charge in [0.25, 0.3) is 10.2 Å². The molecule has 20 heavy (non-hydrogen) atoms. The number of hydrogen-bond donors (Lipinski definition) is 0. The van der Waals surface area contributed by atoms with Crippen molar-refractivity contribution in [3.8, 4) is 0 Å². The van der Waals surface area contributed by atoms with Crippen molar-refractivity contribution in [3.63, 3.8) is 0 Å². The van der Waals surface area contributed by atoms with Gasteiger partial charge in [-0.2, -0.15) is 17.0 Å². The van der Waals surface area contributed by atoms with Crippen molar-refractivity contribution in [2.45, 2.75) is 57.7 Å². The smallest absolute Gasteiger partial charge is 0.282 e. The number of fused-ring (bicyclic) bond motifs is 1. The van der Waals surface area contributed by atoms with Gasteiger partial charge in [-0.1, -0.05) is 0 Å². The van der Waals surface area contributed by atoms with E-state index in [9.17, 15) is 8.42 Å². The summed E-state index contributed by atoms with van der Waals surface area (Å²) in [6.45, 7) is 6.78. The van der Waals surface area contributed by atoms with Crippen LogP contribution in [0.3, 0.4) is 0 Å². The molecule has 3 fully saturated rings. The lowest BCUT2D eigenvalue weighted by molar-refractivity contribution is 0.110. The first-order chi connectivity index (χ1) is 9.41. The lowest BCUT2D eigenvalue weighted by atomic mass is 10.1. The largest absolute Gasteiger partial charge is 0.297 e. The Morgan fingerprint density at radius 1 is 1.20 bits per heavy atom. The molecule has 1 aliphatic carbocycles. The lowest BCUT2D eigenvalue weighted by Gasteiger charge is -2.43. The number of hydrogen-bond acceptors (Lipinski definition) is 3. The molecule has 0 aromatic carbocycles. The van der Waals surface area contributed by atoms with Crippen molar-refractivity contribution in [3.05, 3.63) is 0 Å². The molecule has 5 nitrogen and oxygen atoms in total. The minimum atomic E-state index is -3.31. The predicted molar refractivity (Wildman–Crippen MR) is 79.6 cm³/mol. The number of nitrogens with zero attached hydrogens (tertiary/aromatic N) is 3. The summed E-state index contributed by atoms with van der Waals surface area (Å²) in [4.78, 5) is 2.46. The minimum Gasteiger partial charge on any atom is -0.297 e. The molecular formula is C14H27N3O2S. The van der Waals surface area contributed by atoms with E-state index in [4.69, 9.17) is 0 Å². The maximum atomic E-state index is 12.9. The van der Waals surface area contributed by atoms with Crippen LogP contribution in [0.15, 0.2) is 0 Å². The molecule has 3 rings (SSSR count). The Morgan fingerprint density at radius 3 is 2.55 bits per heavy atom. The predicted octanol–water partition coefficient (Wildman–Crippen LogP) is 1.13. The van der Waals surface area contributed by atoms with Crippen LogP contribution in [0.25, 0.3) is 0 Å². The van der Waals surface area contributed by atoms with E-state index in [0.29, 0.717) is 18.5 Å². The third-order valence-electron chi connectivity index (χ3n) is 5.42. The lowest BCUT2D eigenvalue weighted by Crippen LogP contribution is -2.60. The Kier molecular flexibility index (Phi) is 3.86. The zero-order valence-electron chi connectivity index (χ0n) is 12.8. The SMILES string of the molecule is CC(C1CC1)N(C)S(=O)(=O)N1CC2CCCN2CC1C. The summed E-state index contributed by atoms with van der Waals surface area (Å²) in [6.07, 6.45) is 4.69. The van der Waals surface area contributed by atoms with E-state index in [1.54, 1.807) is 15.7 Å². The van der Waals surface area contributed by atoms with Crippen LogP contribution >= 0.6 is 0 Å². The van der Waals surface area contributed by atoms with E-state index in [1.807, 2.05) is 13.8 Å². The highest BCUT2D eigenvalue weighted by Crippen LogP contribution is 2.36. The fourth-order valence-corrected chi connectivity index (χ4v) is 5.54. The monoisotopic (exact) mass is 301 g/mol. The molecule has 116 valence electrons. The normalized spacial score (nSPS) is 34.4. The first kappa shape index (κ1) is 14.8. The molecule has 3 atom stereocenters. The Hall–Kier alpha value is -0.170. The molecule has 0 aromatic rings. The summed E-state index contributed by atoms with van der Waals surface area (Å²) in [7, 11) is -1.56. The highest BCUT2D eigenvalue weighted by atomic mass is 32.2. The third kappa shape index (κ3) is 2.51. The van der Waals surface area contributed by atoms with Gasteiger partial charge in [-0.05, 0) is 52.0 Å². The van der Waals surface area contributed by atoms with Crippen molar-refractivity contribution in [1.29, 1.82) is 0 Å². The van der Waals surface area contributed by atoms with Gasteiger partial charge in [0.1, 0.15) is 0 Å². The zero-order chi connectivity index (χ0) is 14.5. The molecule has 0 N–H and O–H groups in total. The van der Waals surface area contributed by atoms with Gasteiger partial charge < -0.3 is 0 Å². The van der Waals surface area contributed by atoms with Crippen LogP contribution in [0, 0.1) is 5.92 Å². The molecule has 2 heterocycles. The molecule has 3 aliphatic rings. The van der Waals surface area contributed by atoms with Crippen molar-refractivity contribution in [2.24, 2.45) is 5.92 Å². The van der Waals surface area contributed by atoms with Crippen LogP contribution in [0.4, 0.5) is 0 Å². The average Bonchev–Trinajstić information content (AvgIpc) is 3.15. The molecular weight excluding hydrogens is 274 g/mol. The minimum absolute atomic E-state index is 0.0863. The van der Waals surface area contributed by atoms with E-state index >= 15 is 0 Å². The van der Waals surface area contributed by atoms with Crippen LogP contribution in [-0.2, 0) is 10.2 Å². The molecule has 0 spiro atoms. The molecule has 1 saturated carbocycles. The van der Waals surface area contributed by atoms with Gasteiger partial charge in [0.05, 0.1) is 0 Å². The molecule has 0 bridgehead atoms. The molecule has 0 aromatic heterocycles. The fourth-order valence-electron chi connectivity index (χ4n) is 3.73. The molecule has 0 radical (unpaired) electrons. The van der Waals surface area contributed by atoms with Crippen LogP contribution in [-0.4, -0.2) is 66.7 Å². The van der Waals surface area contributed by atoms with Gasteiger partial charge in [-0.3, -0.25) is 4.90 Å². The van der Waals surface area contributed by atoms with Crippen LogP contribution < -0.4 is 0 Å². The highest BCUT2D eigenvalue weighted by Gasteiger charge is 2.44. The Morgan fingerprint density at radius 2 is 1.90 bits per heavy atom. The van der Waals surface area contributed by atoms with Crippen LogP contribution in [0.5, 0.6) is 0 Å². The molecule has 3 unspecified atom stereocenters. The van der Waals surface area contributed by atoms with Gasteiger partial charge in [-0.25, -0.2) is 0 Å². The average molecular weight is 301 g/mol. The molecule has 6 heteroatoms. The standard InChI is InChI=1S/C14H27N3O2S/c1-11-9-16-8-4-5-14(16)10-17(11)20(18,19)15(3)12(2)13-6-7-13/h11-14H,4-10H2,1-3H3. The van der Waals surface area contributed by atoms with E-state index in [1.165, 1.54) is 19.3 Å². The second-order valence-corrected chi connectivity index (χ2v) is 8.75. The molecule has 0 amide bonds. The summed E-state index contributed by atoms with van der Waals surface area (Å²) >= 11 is 0. The van der Waals surface area contributed by atoms with Crippen molar-refractivity contribution in [1.82, 2.24) is 13.5 Å². The Bertz CT molecular complexity index is 463.